The number of benzene rings is 1. The summed E-state index contributed by atoms with van der Waals surface area (Å²) < 4.78 is 0. The lowest BCUT2D eigenvalue weighted by atomic mass is 10.0. The lowest BCUT2D eigenvalue weighted by Gasteiger charge is -2.35. The smallest absolute Gasteiger partial charge is 0.253 e. The average molecular weight is 434 g/mol. The Bertz CT molecular complexity index is 657. The van der Waals surface area contributed by atoms with Crippen molar-refractivity contribution in [3.8, 4) is 0 Å². The van der Waals surface area contributed by atoms with E-state index in [0.717, 1.165) is 25.9 Å². The minimum atomic E-state index is -0.391. The van der Waals surface area contributed by atoms with Gasteiger partial charge in [0.15, 0.2) is 0 Å². The van der Waals surface area contributed by atoms with Gasteiger partial charge in [-0.3, -0.25) is 14.4 Å². The van der Waals surface area contributed by atoms with Crippen molar-refractivity contribution in [1.29, 1.82) is 0 Å². The third kappa shape index (κ3) is 7.63. The van der Waals surface area contributed by atoms with Crippen molar-refractivity contribution in [3.63, 3.8) is 0 Å². The second-order valence-corrected chi connectivity index (χ2v) is 6.58. The van der Waals surface area contributed by atoms with Crippen LogP contribution in [-0.2, 0) is 9.59 Å². The van der Waals surface area contributed by atoms with Crippen molar-refractivity contribution in [2.75, 3.05) is 45.6 Å². The van der Waals surface area contributed by atoms with Crippen molar-refractivity contribution >= 4 is 48.2 Å². The number of likely N-dealkylation sites (tertiary alicyclic amines) is 1. The normalized spacial score (nSPS) is 16.2. The molecule has 1 heterocycles. The molecule has 28 heavy (non-hydrogen) atoms. The molecular weight excluding hydrogens is 405 g/mol. The van der Waals surface area contributed by atoms with E-state index in [4.69, 9.17) is 5.73 Å². The van der Waals surface area contributed by atoms with Crippen LogP contribution in [0, 0.1) is 0 Å². The number of halogens is 2. The first kappa shape index (κ1) is 26.1. The predicted octanol–water partition coefficient (Wildman–Crippen LogP) is 0.710. The Balaban J connectivity index is 0.00000364. The summed E-state index contributed by atoms with van der Waals surface area (Å²) in [5, 5.41) is 5.06. The molecule has 0 radical (unpaired) electrons. The fourth-order valence-electron chi connectivity index (χ4n) is 2.98. The van der Waals surface area contributed by atoms with Gasteiger partial charge in [0.05, 0.1) is 13.1 Å². The fraction of sp³-hybridized carbons (Fsp3) is 0.500. The van der Waals surface area contributed by atoms with Crippen molar-refractivity contribution < 1.29 is 14.4 Å². The van der Waals surface area contributed by atoms with E-state index < -0.39 is 5.91 Å². The SMILES string of the molecule is CN1CCCC(N(C)C(=O)c2ccc(NC(=O)CNC(=O)CN)cc2)C1.Cl.Cl. The van der Waals surface area contributed by atoms with Gasteiger partial charge < -0.3 is 26.2 Å². The molecule has 1 saturated heterocycles. The number of carbonyl (C=O) groups is 3. The van der Waals surface area contributed by atoms with Crippen molar-refractivity contribution in [1.82, 2.24) is 15.1 Å². The summed E-state index contributed by atoms with van der Waals surface area (Å²) in [7, 11) is 3.90. The monoisotopic (exact) mass is 433 g/mol. The summed E-state index contributed by atoms with van der Waals surface area (Å²) in [6.45, 7) is 1.65. The summed E-state index contributed by atoms with van der Waals surface area (Å²) >= 11 is 0. The van der Waals surface area contributed by atoms with Gasteiger partial charge in [-0.15, -0.1) is 24.8 Å². The van der Waals surface area contributed by atoms with E-state index in [9.17, 15) is 14.4 Å². The molecule has 8 nitrogen and oxygen atoms in total. The molecule has 1 fully saturated rings. The molecule has 4 N–H and O–H groups in total. The second-order valence-electron chi connectivity index (χ2n) is 6.58. The van der Waals surface area contributed by atoms with Gasteiger partial charge in [-0.25, -0.2) is 0 Å². The van der Waals surface area contributed by atoms with Crippen LogP contribution in [0.4, 0.5) is 5.69 Å². The van der Waals surface area contributed by atoms with Gasteiger partial charge in [0.25, 0.3) is 5.91 Å². The zero-order valence-electron chi connectivity index (χ0n) is 16.1. The molecule has 0 aliphatic carbocycles. The largest absolute Gasteiger partial charge is 0.346 e. The second kappa shape index (κ2) is 12.6. The quantitative estimate of drug-likeness (QED) is 0.611. The van der Waals surface area contributed by atoms with Gasteiger partial charge in [0.2, 0.25) is 11.8 Å². The first-order valence-electron chi connectivity index (χ1n) is 8.73. The number of nitrogens with two attached hydrogens (primary N) is 1. The minimum Gasteiger partial charge on any atom is -0.346 e. The molecule has 10 heteroatoms. The number of nitrogens with one attached hydrogen (secondary N) is 2. The van der Waals surface area contributed by atoms with Gasteiger partial charge in [0.1, 0.15) is 0 Å². The average Bonchev–Trinajstić information content (AvgIpc) is 2.65. The maximum absolute atomic E-state index is 12.7. The third-order valence-corrected chi connectivity index (χ3v) is 4.51. The molecule has 2 rings (SSSR count). The van der Waals surface area contributed by atoms with Gasteiger partial charge in [0, 0.05) is 30.9 Å². The summed E-state index contributed by atoms with van der Waals surface area (Å²) in [4.78, 5) is 39.5. The van der Waals surface area contributed by atoms with E-state index in [1.54, 1.807) is 29.2 Å². The van der Waals surface area contributed by atoms with E-state index >= 15 is 0 Å². The van der Waals surface area contributed by atoms with Crippen molar-refractivity contribution in [2.45, 2.75) is 18.9 Å². The Morgan fingerprint density at radius 1 is 1.18 bits per heavy atom. The maximum atomic E-state index is 12.7. The standard InChI is InChI=1S/C18H27N5O3.2ClH/c1-22-9-3-4-15(12-22)23(2)18(26)13-5-7-14(8-6-13)21-17(25)11-20-16(24)10-19;;/h5-8,15H,3-4,9-12,19H2,1-2H3,(H,20,24)(H,21,25);2*1H. The number of nitrogens with zero attached hydrogens (tertiary/aromatic N) is 2. The molecule has 0 aromatic heterocycles. The summed E-state index contributed by atoms with van der Waals surface area (Å²) in [6.07, 6.45) is 2.10. The molecule has 1 atom stereocenters. The van der Waals surface area contributed by atoms with Crippen LogP contribution in [0.15, 0.2) is 24.3 Å². The highest BCUT2D eigenvalue weighted by Crippen LogP contribution is 2.17. The van der Waals surface area contributed by atoms with E-state index in [-0.39, 0.29) is 55.8 Å². The fourth-order valence-corrected chi connectivity index (χ4v) is 2.98. The number of likely N-dealkylation sites (N-methyl/N-ethyl adjacent to an activating group) is 2. The lowest BCUT2D eigenvalue weighted by molar-refractivity contribution is -0.123. The Labute approximate surface area is 178 Å². The molecule has 158 valence electrons. The number of piperidine rings is 1. The first-order valence-corrected chi connectivity index (χ1v) is 8.73. The molecule has 1 aromatic rings. The number of anilines is 1. The van der Waals surface area contributed by atoms with E-state index in [1.807, 2.05) is 7.05 Å². The van der Waals surface area contributed by atoms with Crippen LogP contribution in [0.3, 0.4) is 0 Å². The van der Waals surface area contributed by atoms with Gasteiger partial charge >= 0.3 is 0 Å². The van der Waals surface area contributed by atoms with Crippen LogP contribution in [0.25, 0.3) is 0 Å². The minimum absolute atomic E-state index is 0. The Hall–Kier alpha value is -1.87. The van der Waals surface area contributed by atoms with Crippen molar-refractivity contribution in [2.24, 2.45) is 5.73 Å². The van der Waals surface area contributed by atoms with Crippen LogP contribution >= 0.6 is 24.8 Å². The Kier molecular flexibility index (Phi) is 11.7. The first-order chi connectivity index (χ1) is 12.4. The third-order valence-electron chi connectivity index (χ3n) is 4.51. The predicted molar refractivity (Wildman–Crippen MR) is 114 cm³/mol. The van der Waals surface area contributed by atoms with Crippen LogP contribution in [0.2, 0.25) is 0 Å². The van der Waals surface area contributed by atoms with Crippen LogP contribution in [0.5, 0.6) is 0 Å². The summed E-state index contributed by atoms with van der Waals surface area (Å²) in [5.41, 5.74) is 6.30. The van der Waals surface area contributed by atoms with E-state index in [0.29, 0.717) is 11.3 Å². The van der Waals surface area contributed by atoms with E-state index in [1.165, 1.54) is 0 Å². The summed E-state index contributed by atoms with van der Waals surface area (Å²) in [5.74, 6) is -0.774. The Morgan fingerprint density at radius 2 is 1.82 bits per heavy atom. The van der Waals surface area contributed by atoms with Crippen LogP contribution in [-0.4, -0.2) is 73.8 Å². The molecule has 0 saturated carbocycles. The zero-order valence-corrected chi connectivity index (χ0v) is 17.8. The van der Waals surface area contributed by atoms with Gasteiger partial charge in [-0.05, 0) is 50.7 Å². The zero-order chi connectivity index (χ0) is 19.1. The van der Waals surface area contributed by atoms with E-state index in [2.05, 4.69) is 22.6 Å². The van der Waals surface area contributed by atoms with Crippen molar-refractivity contribution in [3.05, 3.63) is 29.8 Å². The number of hydrogen-bond donors (Lipinski definition) is 3. The number of carbonyl (C=O) groups excluding carboxylic acids is 3. The molecule has 3 amide bonds. The molecule has 1 aliphatic heterocycles. The highest BCUT2D eigenvalue weighted by molar-refractivity contribution is 5.97. The number of rotatable bonds is 6. The lowest BCUT2D eigenvalue weighted by Crippen LogP contribution is -2.47. The highest BCUT2D eigenvalue weighted by Gasteiger charge is 2.25. The molecule has 0 bridgehead atoms. The molecule has 0 spiro atoms. The maximum Gasteiger partial charge on any atom is 0.253 e. The number of hydrogen-bond acceptors (Lipinski definition) is 5. The number of amides is 3. The topological polar surface area (TPSA) is 108 Å². The van der Waals surface area contributed by atoms with Gasteiger partial charge in [-0.2, -0.15) is 0 Å². The van der Waals surface area contributed by atoms with Crippen LogP contribution in [0.1, 0.15) is 23.2 Å². The highest BCUT2D eigenvalue weighted by atomic mass is 35.5. The Morgan fingerprint density at radius 3 is 2.39 bits per heavy atom. The summed E-state index contributed by atoms with van der Waals surface area (Å²) in [6, 6.07) is 6.96. The van der Waals surface area contributed by atoms with Gasteiger partial charge in [-0.1, -0.05) is 0 Å². The molecular formula is C18H29Cl2N5O3. The molecule has 1 aliphatic rings. The molecule has 1 unspecified atom stereocenters. The molecule has 1 aromatic carbocycles. The van der Waals surface area contributed by atoms with Crippen LogP contribution < -0.4 is 16.4 Å².